The van der Waals surface area contributed by atoms with E-state index in [4.69, 9.17) is 10.5 Å². The Labute approximate surface area is 79.6 Å². The van der Waals surface area contributed by atoms with Crippen LogP contribution in [0.1, 0.15) is 27.7 Å². The van der Waals surface area contributed by atoms with Crippen molar-refractivity contribution >= 4 is 5.97 Å². The van der Waals surface area contributed by atoms with Gasteiger partial charge in [-0.25, -0.2) is 0 Å². The Morgan fingerprint density at radius 1 is 1.62 bits per heavy atom. The molecule has 13 heavy (non-hydrogen) atoms. The summed E-state index contributed by atoms with van der Waals surface area (Å²) in [7, 11) is 0. The largest absolute Gasteiger partial charge is 0.463 e. The second-order valence-electron chi connectivity index (χ2n) is 3.66. The summed E-state index contributed by atoms with van der Waals surface area (Å²) in [6.45, 7) is 7.47. The fraction of sp³-hybridized carbons (Fsp3) is 0.700. The standard InChI is InChI=1S/C10H17NO2/c1-5-6-10(3,4)7-13-9(12)8(2)11/h8H,7,11H2,1-4H3. The third kappa shape index (κ3) is 5.26. The highest BCUT2D eigenvalue weighted by Gasteiger charge is 2.18. The minimum Gasteiger partial charge on any atom is -0.463 e. The number of esters is 1. The van der Waals surface area contributed by atoms with Crippen molar-refractivity contribution in [3.63, 3.8) is 0 Å². The molecule has 1 unspecified atom stereocenters. The van der Waals surface area contributed by atoms with E-state index in [1.807, 2.05) is 13.8 Å². The van der Waals surface area contributed by atoms with Crippen molar-refractivity contribution in [2.75, 3.05) is 6.61 Å². The minimum absolute atomic E-state index is 0.286. The molecule has 3 heteroatoms. The van der Waals surface area contributed by atoms with Crippen molar-refractivity contribution in [3.05, 3.63) is 0 Å². The van der Waals surface area contributed by atoms with Gasteiger partial charge < -0.3 is 10.5 Å². The third-order valence-electron chi connectivity index (χ3n) is 1.41. The van der Waals surface area contributed by atoms with E-state index in [1.54, 1.807) is 13.8 Å². The van der Waals surface area contributed by atoms with Gasteiger partial charge in [0, 0.05) is 0 Å². The number of ether oxygens (including phenoxy) is 1. The van der Waals surface area contributed by atoms with Crippen molar-refractivity contribution in [1.29, 1.82) is 0 Å². The SMILES string of the molecule is CC#CC(C)(C)COC(=O)C(C)N. The van der Waals surface area contributed by atoms with Crippen LogP contribution < -0.4 is 5.73 Å². The first-order valence-electron chi connectivity index (χ1n) is 4.25. The van der Waals surface area contributed by atoms with Crippen LogP contribution in [0.5, 0.6) is 0 Å². The highest BCUT2D eigenvalue weighted by atomic mass is 16.5. The summed E-state index contributed by atoms with van der Waals surface area (Å²) >= 11 is 0. The maximum Gasteiger partial charge on any atom is 0.322 e. The molecule has 2 N–H and O–H groups in total. The van der Waals surface area contributed by atoms with Crippen LogP contribution in [0.4, 0.5) is 0 Å². The highest BCUT2D eigenvalue weighted by Crippen LogP contribution is 2.13. The van der Waals surface area contributed by atoms with Crippen LogP contribution in [0.3, 0.4) is 0 Å². The molecule has 74 valence electrons. The molecule has 0 aliphatic carbocycles. The normalized spacial score (nSPS) is 12.7. The van der Waals surface area contributed by atoms with E-state index in [9.17, 15) is 4.79 Å². The first kappa shape index (κ1) is 12.0. The minimum atomic E-state index is -0.564. The number of nitrogens with two attached hydrogens (primary N) is 1. The van der Waals surface area contributed by atoms with E-state index in [1.165, 1.54) is 0 Å². The van der Waals surface area contributed by atoms with Crippen LogP contribution in [0.2, 0.25) is 0 Å². The lowest BCUT2D eigenvalue weighted by Crippen LogP contribution is -2.31. The number of hydrogen-bond acceptors (Lipinski definition) is 3. The molecular formula is C10H17NO2. The Morgan fingerprint density at radius 3 is 2.54 bits per heavy atom. The van der Waals surface area contributed by atoms with Crippen LogP contribution in [0.15, 0.2) is 0 Å². The Balaban J connectivity index is 4.00. The maximum absolute atomic E-state index is 11.0. The van der Waals surface area contributed by atoms with Gasteiger partial charge in [0.2, 0.25) is 0 Å². The van der Waals surface area contributed by atoms with Crippen molar-refractivity contribution in [3.8, 4) is 11.8 Å². The van der Waals surface area contributed by atoms with E-state index in [0.717, 1.165) is 0 Å². The van der Waals surface area contributed by atoms with Gasteiger partial charge in [-0.1, -0.05) is 5.92 Å². The molecule has 0 amide bonds. The van der Waals surface area contributed by atoms with Crippen LogP contribution >= 0.6 is 0 Å². The van der Waals surface area contributed by atoms with E-state index in [-0.39, 0.29) is 18.0 Å². The Hall–Kier alpha value is -1.01. The van der Waals surface area contributed by atoms with Crippen LogP contribution in [-0.2, 0) is 9.53 Å². The Kier molecular flexibility index (Phi) is 4.50. The summed E-state index contributed by atoms with van der Waals surface area (Å²) in [5.41, 5.74) is 5.04. The monoisotopic (exact) mass is 183 g/mol. The predicted octanol–water partition coefficient (Wildman–Crippen LogP) is 0.926. The Morgan fingerprint density at radius 2 is 2.15 bits per heavy atom. The van der Waals surface area contributed by atoms with Gasteiger partial charge in [-0.3, -0.25) is 4.79 Å². The fourth-order valence-electron chi connectivity index (χ4n) is 0.757. The van der Waals surface area contributed by atoms with Gasteiger partial charge >= 0.3 is 5.97 Å². The molecule has 0 aromatic rings. The molecule has 0 radical (unpaired) electrons. The first-order valence-corrected chi connectivity index (χ1v) is 4.25. The first-order chi connectivity index (χ1) is 5.89. The quantitative estimate of drug-likeness (QED) is 0.523. The van der Waals surface area contributed by atoms with E-state index in [2.05, 4.69) is 11.8 Å². The lowest BCUT2D eigenvalue weighted by atomic mass is 9.96. The average molecular weight is 183 g/mol. The van der Waals surface area contributed by atoms with Crippen molar-refractivity contribution < 1.29 is 9.53 Å². The summed E-state index contributed by atoms with van der Waals surface area (Å²) in [6, 6.07) is -0.564. The lowest BCUT2D eigenvalue weighted by molar-refractivity contribution is -0.146. The molecule has 0 saturated carbocycles. The Bertz CT molecular complexity index is 233. The molecular weight excluding hydrogens is 166 g/mol. The lowest BCUT2D eigenvalue weighted by Gasteiger charge is -2.18. The smallest absolute Gasteiger partial charge is 0.322 e. The predicted molar refractivity (Wildman–Crippen MR) is 51.8 cm³/mol. The zero-order valence-corrected chi connectivity index (χ0v) is 8.68. The topological polar surface area (TPSA) is 52.3 Å². The van der Waals surface area contributed by atoms with Gasteiger partial charge in [0.25, 0.3) is 0 Å². The average Bonchev–Trinajstić information content (AvgIpc) is 2.00. The van der Waals surface area contributed by atoms with Gasteiger partial charge in [-0.05, 0) is 27.7 Å². The van der Waals surface area contributed by atoms with Gasteiger partial charge in [0.05, 0.1) is 5.41 Å². The molecule has 0 spiro atoms. The van der Waals surface area contributed by atoms with E-state index < -0.39 is 6.04 Å². The highest BCUT2D eigenvalue weighted by molar-refractivity contribution is 5.74. The fourth-order valence-corrected chi connectivity index (χ4v) is 0.757. The summed E-state index contributed by atoms with van der Waals surface area (Å²) in [4.78, 5) is 11.0. The third-order valence-corrected chi connectivity index (χ3v) is 1.41. The van der Waals surface area contributed by atoms with Gasteiger partial charge in [-0.15, -0.1) is 5.92 Å². The second kappa shape index (κ2) is 4.88. The zero-order valence-electron chi connectivity index (χ0n) is 8.68. The zero-order chi connectivity index (χ0) is 10.5. The molecule has 0 aromatic heterocycles. The maximum atomic E-state index is 11.0. The summed E-state index contributed by atoms with van der Waals surface area (Å²) in [5, 5.41) is 0. The molecule has 0 bridgehead atoms. The summed E-state index contributed by atoms with van der Waals surface area (Å²) < 4.78 is 4.95. The van der Waals surface area contributed by atoms with Crippen molar-refractivity contribution in [2.24, 2.45) is 11.1 Å². The van der Waals surface area contributed by atoms with E-state index in [0.29, 0.717) is 0 Å². The number of carbonyl (C=O) groups excluding carboxylic acids is 1. The molecule has 3 nitrogen and oxygen atoms in total. The molecule has 1 atom stereocenters. The molecule has 0 rings (SSSR count). The molecule has 0 saturated heterocycles. The van der Waals surface area contributed by atoms with Crippen LogP contribution in [-0.4, -0.2) is 18.6 Å². The van der Waals surface area contributed by atoms with Gasteiger partial charge in [-0.2, -0.15) is 0 Å². The summed E-state index contributed by atoms with van der Waals surface area (Å²) in [6.07, 6.45) is 0. The van der Waals surface area contributed by atoms with E-state index >= 15 is 0 Å². The number of hydrogen-bond donors (Lipinski definition) is 1. The van der Waals surface area contributed by atoms with Gasteiger partial charge in [0.15, 0.2) is 0 Å². The molecule has 0 fully saturated rings. The van der Waals surface area contributed by atoms with Crippen molar-refractivity contribution in [2.45, 2.75) is 33.7 Å². The number of rotatable bonds is 3. The molecule has 0 heterocycles. The second-order valence-corrected chi connectivity index (χ2v) is 3.66. The molecule has 0 aliphatic rings. The van der Waals surface area contributed by atoms with Crippen molar-refractivity contribution in [1.82, 2.24) is 0 Å². The summed E-state index contributed by atoms with van der Waals surface area (Å²) in [5.74, 6) is 5.35. The van der Waals surface area contributed by atoms with Gasteiger partial charge in [0.1, 0.15) is 12.6 Å². The molecule has 0 aromatic carbocycles. The van der Waals surface area contributed by atoms with Crippen LogP contribution in [0.25, 0.3) is 0 Å². The number of carbonyl (C=O) groups is 1. The molecule has 0 aliphatic heterocycles. The van der Waals surface area contributed by atoms with Crippen LogP contribution in [0, 0.1) is 17.3 Å².